The van der Waals surface area contributed by atoms with Gasteiger partial charge in [-0.1, -0.05) is 6.07 Å². The fourth-order valence-electron chi connectivity index (χ4n) is 1.87. The summed E-state index contributed by atoms with van der Waals surface area (Å²) < 4.78 is 17.9. The number of rotatable bonds is 7. The Morgan fingerprint density at radius 1 is 1.25 bits per heavy atom. The van der Waals surface area contributed by atoms with Crippen molar-refractivity contribution in [1.82, 2.24) is 0 Å². The summed E-state index contributed by atoms with van der Waals surface area (Å²) in [6.07, 6.45) is 0.891. The molecule has 2 rings (SSSR count). The van der Waals surface area contributed by atoms with E-state index in [2.05, 4.69) is 10.3 Å². The minimum absolute atomic E-state index is 0. The second-order valence-corrected chi connectivity index (χ2v) is 5.95. The molecule has 3 N–H and O–H groups in total. The first-order chi connectivity index (χ1) is 11.2. The third kappa shape index (κ3) is 7.39. The summed E-state index contributed by atoms with van der Waals surface area (Å²) in [5, 5.41) is 3.03. The number of benzene rings is 2. The number of nitrogens with two attached hydrogens (primary N) is 1. The highest BCUT2D eigenvalue weighted by Gasteiger charge is 1.98. The maximum absolute atomic E-state index is 12.8. The first kappa shape index (κ1) is 20.6. The van der Waals surface area contributed by atoms with E-state index in [0.717, 1.165) is 28.5 Å². The van der Waals surface area contributed by atoms with Crippen LogP contribution in [0, 0.1) is 5.82 Å². The number of guanidine groups is 1. The summed E-state index contributed by atoms with van der Waals surface area (Å²) in [6.45, 7) is 0.636. The van der Waals surface area contributed by atoms with Gasteiger partial charge in [0.25, 0.3) is 0 Å². The van der Waals surface area contributed by atoms with Gasteiger partial charge in [-0.15, -0.1) is 35.7 Å². The molecule has 2 aromatic carbocycles. The number of nitrogens with zero attached hydrogens (tertiary/aromatic N) is 1. The topological polar surface area (TPSA) is 59.6 Å². The van der Waals surface area contributed by atoms with Crippen molar-refractivity contribution in [1.29, 1.82) is 0 Å². The number of nitrogens with one attached hydrogen (secondary N) is 1. The van der Waals surface area contributed by atoms with Gasteiger partial charge in [0.05, 0.1) is 7.11 Å². The highest BCUT2D eigenvalue weighted by atomic mass is 127. The van der Waals surface area contributed by atoms with Crippen molar-refractivity contribution in [2.24, 2.45) is 10.7 Å². The molecule has 0 aliphatic heterocycles. The maximum Gasteiger partial charge on any atom is 0.193 e. The number of thioether (sulfide) groups is 1. The lowest BCUT2D eigenvalue weighted by Gasteiger charge is -2.07. The van der Waals surface area contributed by atoms with Crippen LogP contribution in [0.4, 0.5) is 10.1 Å². The Morgan fingerprint density at radius 2 is 2.00 bits per heavy atom. The smallest absolute Gasteiger partial charge is 0.193 e. The molecule has 0 bridgehead atoms. The number of anilines is 1. The normalized spacial score (nSPS) is 10.8. The van der Waals surface area contributed by atoms with Crippen molar-refractivity contribution in [2.45, 2.75) is 11.3 Å². The average molecular weight is 461 g/mol. The van der Waals surface area contributed by atoms with E-state index in [0.29, 0.717) is 12.5 Å². The molecule has 0 aliphatic carbocycles. The molecule has 0 fully saturated rings. The summed E-state index contributed by atoms with van der Waals surface area (Å²) in [7, 11) is 1.62. The van der Waals surface area contributed by atoms with Gasteiger partial charge in [-0.25, -0.2) is 4.39 Å². The third-order valence-corrected chi connectivity index (χ3v) is 4.11. The van der Waals surface area contributed by atoms with Crippen LogP contribution >= 0.6 is 35.7 Å². The Labute approximate surface area is 163 Å². The molecule has 0 saturated heterocycles. The molecular formula is C17H21FIN3OS. The monoisotopic (exact) mass is 461 g/mol. The molecule has 0 aliphatic rings. The van der Waals surface area contributed by atoms with Crippen LogP contribution in [0.25, 0.3) is 0 Å². The van der Waals surface area contributed by atoms with E-state index < -0.39 is 0 Å². The number of hydrogen-bond donors (Lipinski definition) is 2. The molecule has 24 heavy (non-hydrogen) atoms. The maximum atomic E-state index is 12.8. The van der Waals surface area contributed by atoms with Crippen LogP contribution in [-0.4, -0.2) is 25.4 Å². The molecular weight excluding hydrogens is 440 g/mol. The average Bonchev–Trinajstić information content (AvgIpc) is 2.56. The highest BCUT2D eigenvalue weighted by Crippen LogP contribution is 2.19. The predicted octanol–water partition coefficient (Wildman–Crippen LogP) is 4.36. The van der Waals surface area contributed by atoms with Crippen molar-refractivity contribution < 1.29 is 9.13 Å². The van der Waals surface area contributed by atoms with Crippen LogP contribution in [0.2, 0.25) is 0 Å². The second kappa shape index (κ2) is 11.1. The molecule has 7 heteroatoms. The summed E-state index contributed by atoms with van der Waals surface area (Å²) in [5.74, 6) is 1.83. The van der Waals surface area contributed by atoms with E-state index in [1.807, 2.05) is 24.3 Å². The summed E-state index contributed by atoms with van der Waals surface area (Å²) in [6, 6.07) is 14.0. The van der Waals surface area contributed by atoms with Crippen LogP contribution in [0.3, 0.4) is 0 Å². The first-order valence-corrected chi connectivity index (χ1v) is 8.25. The summed E-state index contributed by atoms with van der Waals surface area (Å²) in [5.41, 5.74) is 6.70. The molecule has 0 radical (unpaired) electrons. The van der Waals surface area contributed by atoms with Crippen molar-refractivity contribution in [3.05, 3.63) is 54.3 Å². The second-order valence-electron chi connectivity index (χ2n) is 4.78. The van der Waals surface area contributed by atoms with Gasteiger partial charge in [0.1, 0.15) is 11.6 Å². The molecule has 0 unspecified atom stereocenters. The number of ether oxygens (including phenoxy) is 1. The SMILES string of the molecule is COc1cccc(NC(N)=NCCCSc2ccc(F)cc2)c1.I. The Balaban J connectivity index is 0.00000288. The van der Waals surface area contributed by atoms with Crippen molar-refractivity contribution in [3.8, 4) is 5.75 Å². The number of methoxy groups -OCH3 is 1. The van der Waals surface area contributed by atoms with E-state index in [9.17, 15) is 4.39 Å². The minimum Gasteiger partial charge on any atom is -0.497 e. The van der Waals surface area contributed by atoms with Gasteiger partial charge >= 0.3 is 0 Å². The van der Waals surface area contributed by atoms with Crippen LogP contribution in [0.5, 0.6) is 5.75 Å². The fraction of sp³-hybridized carbons (Fsp3) is 0.235. The summed E-state index contributed by atoms with van der Waals surface area (Å²) >= 11 is 1.68. The predicted molar refractivity (Wildman–Crippen MR) is 110 cm³/mol. The van der Waals surface area contributed by atoms with Crippen molar-refractivity contribution in [2.75, 3.05) is 24.7 Å². The quantitative estimate of drug-likeness (QED) is 0.212. The zero-order valence-electron chi connectivity index (χ0n) is 13.4. The van der Waals surface area contributed by atoms with Crippen molar-refractivity contribution >= 4 is 47.4 Å². The van der Waals surface area contributed by atoms with Gasteiger partial charge in [-0.2, -0.15) is 0 Å². The lowest BCUT2D eigenvalue weighted by molar-refractivity contribution is 0.415. The van der Waals surface area contributed by atoms with E-state index in [1.165, 1.54) is 12.1 Å². The van der Waals surface area contributed by atoms with Gasteiger partial charge in [-0.3, -0.25) is 4.99 Å². The Morgan fingerprint density at radius 3 is 2.71 bits per heavy atom. The molecule has 0 heterocycles. The van der Waals surface area contributed by atoms with E-state index in [4.69, 9.17) is 10.5 Å². The molecule has 4 nitrogen and oxygen atoms in total. The zero-order chi connectivity index (χ0) is 16.5. The van der Waals surface area contributed by atoms with E-state index >= 15 is 0 Å². The molecule has 130 valence electrons. The fourth-order valence-corrected chi connectivity index (χ4v) is 2.71. The van der Waals surface area contributed by atoms with Gasteiger partial charge in [0, 0.05) is 23.2 Å². The van der Waals surface area contributed by atoms with Gasteiger partial charge in [-0.05, 0) is 48.6 Å². The molecule has 0 atom stereocenters. The minimum atomic E-state index is -0.213. The number of hydrogen-bond acceptors (Lipinski definition) is 3. The lowest BCUT2D eigenvalue weighted by atomic mass is 10.3. The Kier molecular flexibility index (Phi) is 9.55. The lowest BCUT2D eigenvalue weighted by Crippen LogP contribution is -2.22. The third-order valence-electron chi connectivity index (χ3n) is 3.01. The van der Waals surface area contributed by atoms with Crippen LogP contribution < -0.4 is 15.8 Å². The van der Waals surface area contributed by atoms with Crippen LogP contribution in [0.1, 0.15) is 6.42 Å². The Bertz CT molecular complexity index is 653. The number of aliphatic imine (C=N–C) groups is 1. The van der Waals surface area contributed by atoms with Crippen LogP contribution in [0.15, 0.2) is 58.4 Å². The largest absolute Gasteiger partial charge is 0.497 e. The zero-order valence-corrected chi connectivity index (χ0v) is 16.5. The number of halogens is 2. The van der Waals surface area contributed by atoms with Gasteiger partial charge in [0.15, 0.2) is 5.96 Å². The first-order valence-electron chi connectivity index (χ1n) is 7.27. The molecule has 0 spiro atoms. The standard InChI is InChI=1S/C17H20FN3OS.HI/c1-22-15-5-2-4-14(12-15)21-17(19)20-10-3-11-23-16-8-6-13(18)7-9-16;/h2,4-9,12H,3,10-11H2,1H3,(H3,19,20,21);1H. The van der Waals surface area contributed by atoms with Gasteiger partial charge in [0.2, 0.25) is 0 Å². The van der Waals surface area contributed by atoms with Gasteiger partial charge < -0.3 is 15.8 Å². The molecule has 2 aromatic rings. The highest BCUT2D eigenvalue weighted by molar-refractivity contribution is 14.0. The van der Waals surface area contributed by atoms with Crippen molar-refractivity contribution in [3.63, 3.8) is 0 Å². The van der Waals surface area contributed by atoms with E-state index in [1.54, 1.807) is 31.0 Å². The molecule has 0 amide bonds. The van der Waals surface area contributed by atoms with Crippen LogP contribution in [-0.2, 0) is 0 Å². The molecule has 0 saturated carbocycles. The van der Waals surface area contributed by atoms with E-state index in [-0.39, 0.29) is 29.8 Å². The Hall–Kier alpha value is -1.48. The molecule has 0 aromatic heterocycles. The summed E-state index contributed by atoms with van der Waals surface area (Å²) in [4.78, 5) is 5.34.